The Hall–Kier alpha value is -2.48. The lowest BCUT2D eigenvalue weighted by Gasteiger charge is -2.37. The molecule has 2 aromatic rings. The smallest absolute Gasteiger partial charge is 0.273 e. The molecule has 0 N–H and O–H groups in total. The van der Waals surface area contributed by atoms with Crippen molar-refractivity contribution in [1.82, 2.24) is 10.0 Å². The predicted molar refractivity (Wildman–Crippen MR) is 133 cm³/mol. The van der Waals surface area contributed by atoms with Crippen molar-refractivity contribution in [3.8, 4) is 0 Å². The van der Waals surface area contributed by atoms with E-state index in [0.29, 0.717) is 17.4 Å². The van der Waals surface area contributed by atoms with Gasteiger partial charge in [0.25, 0.3) is 17.7 Å². The molecule has 3 fully saturated rings. The van der Waals surface area contributed by atoms with Crippen molar-refractivity contribution < 1.29 is 19.2 Å². The second-order valence-electron chi connectivity index (χ2n) is 9.56. The molecule has 0 radical (unpaired) electrons. The number of benzene rings is 2. The van der Waals surface area contributed by atoms with E-state index in [1.165, 1.54) is 18.2 Å². The zero-order chi connectivity index (χ0) is 24.6. The van der Waals surface area contributed by atoms with Crippen LogP contribution in [0.2, 0.25) is 10.0 Å². The molecule has 6 nitrogen and oxygen atoms in total. The summed E-state index contributed by atoms with van der Waals surface area (Å²) in [5.74, 6) is -2.03. The van der Waals surface area contributed by atoms with Gasteiger partial charge in [-0.05, 0) is 60.4 Å². The van der Waals surface area contributed by atoms with Crippen LogP contribution in [0.4, 0.5) is 0 Å². The molecule has 0 aromatic heterocycles. The molecule has 1 aliphatic heterocycles. The number of hydrogen-bond acceptors (Lipinski definition) is 4. The van der Waals surface area contributed by atoms with Crippen LogP contribution in [0, 0.1) is 35.5 Å². The van der Waals surface area contributed by atoms with E-state index in [1.54, 1.807) is 24.3 Å². The summed E-state index contributed by atoms with van der Waals surface area (Å²) in [7, 11) is 0. The van der Waals surface area contributed by atoms with Gasteiger partial charge in [0.1, 0.15) is 6.54 Å². The summed E-state index contributed by atoms with van der Waals surface area (Å²) in [6.07, 6.45) is 5.16. The minimum Gasteiger partial charge on any atom is -0.292 e. The van der Waals surface area contributed by atoms with E-state index in [-0.39, 0.29) is 27.4 Å². The number of hydrogen-bond donors (Lipinski definition) is 0. The Morgan fingerprint density at radius 3 is 2.03 bits per heavy atom. The Balaban J connectivity index is 1.37. The molecule has 4 aliphatic carbocycles. The fourth-order valence-corrected chi connectivity index (χ4v) is 6.62. The van der Waals surface area contributed by atoms with E-state index in [0.717, 1.165) is 20.9 Å². The average Bonchev–Trinajstić information content (AvgIpc) is 3.63. The minimum absolute atomic E-state index is 0.000512. The summed E-state index contributed by atoms with van der Waals surface area (Å²) in [6.45, 7) is -0.465. The number of halogens is 3. The van der Waals surface area contributed by atoms with Crippen LogP contribution in [-0.4, -0.2) is 40.1 Å². The number of rotatable bonds is 5. The van der Waals surface area contributed by atoms with Crippen LogP contribution in [0.15, 0.2) is 59.1 Å². The third-order valence-electron chi connectivity index (χ3n) is 7.74. The summed E-state index contributed by atoms with van der Waals surface area (Å²) in [5.41, 5.74) is 0.488. The Labute approximate surface area is 219 Å². The number of amides is 3. The van der Waals surface area contributed by atoms with Crippen LogP contribution in [0.1, 0.15) is 27.1 Å². The van der Waals surface area contributed by atoms with Crippen molar-refractivity contribution in [2.45, 2.75) is 6.42 Å². The highest BCUT2D eigenvalue weighted by Gasteiger charge is 2.68. The molecule has 0 spiro atoms. The first kappa shape index (κ1) is 23.0. The third kappa shape index (κ3) is 3.59. The molecule has 35 heavy (non-hydrogen) atoms. The molecule has 3 amide bonds. The maximum atomic E-state index is 13.7. The van der Waals surface area contributed by atoms with E-state index in [2.05, 4.69) is 28.1 Å². The van der Waals surface area contributed by atoms with E-state index in [9.17, 15) is 19.2 Å². The summed E-state index contributed by atoms with van der Waals surface area (Å²) < 4.78 is 0.799. The first-order chi connectivity index (χ1) is 16.8. The zero-order valence-electron chi connectivity index (χ0n) is 18.2. The fourth-order valence-electron chi connectivity index (χ4n) is 6.05. The van der Waals surface area contributed by atoms with Gasteiger partial charge in [-0.25, -0.2) is 5.01 Å². The zero-order valence-corrected chi connectivity index (χ0v) is 21.3. The second-order valence-corrected chi connectivity index (χ2v) is 11.3. The number of carbonyl (C=O) groups excluding carboxylic acids is 4. The summed E-state index contributed by atoms with van der Waals surface area (Å²) in [6, 6.07) is 11.0. The van der Waals surface area contributed by atoms with E-state index < -0.39 is 41.9 Å². The molecule has 1 heterocycles. The molecule has 2 saturated carbocycles. The summed E-state index contributed by atoms with van der Waals surface area (Å²) in [5, 5.41) is 2.33. The highest BCUT2D eigenvalue weighted by Crippen LogP contribution is 2.65. The van der Waals surface area contributed by atoms with Gasteiger partial charge in [0.05, 0.1) is 21.9 Å². The predicted octanol–water partition coefficient (Wildman–Crippen LogP) is 5.05. The Kier molecular flexibility index (Phi) is 5.43. The van der Waals surface area contributed by atoms with Crippen molar-refractivity contribution in [1.29, 1.82) is 0 Å². The molecule has 6 atom stereocenters. The van der Waals surface area contributed by atoms with E-state index in [4.69, 9.17) is 23.2 Å². The second kappa shape index (κ2) is 8.29. The van der Waals surface area contributed by atoms with Crippen molar-refractivity contribution >= 4 is 62.6 Å². The van der Waals surface area contributed by atoms with E-state index >= 15 is 0 Å². The lowest BCUT2D eigenvalue weighted by molar-refractivity contribution is -0.154. The van der Waals surface area contributed by atoms with Crippen LogP contribution in [0.3, 0.4) is 0 Å². The number of Topliss-reactive ketones (excluding diaryl/α,β-unsaturated/α-hetero) is 1. The number of carbonyl (C=O) groups is 4. The molecule has 2 aromatic carbocycles. The van der Waals surface area contributed by atoms with Crippen molar-refractivity contribution in [3.63, 3.8) is 0 Å². The Morgan fingerprint density at radius 1 is 0.886 bits per heavy atom. The summed E-state index contributed by atoms with van der Waals surface area (Å²) >= 11 is 15.5. The minimum atomic E-state index is -0.667. The van der Waals surface area contributed by atoms with Gasteiger partial charge in [0, 0.05) is 15.6 Å². The number of allylic oxidation sites excluding steroid dienone is 2. The molecule has 1 saturated heterocycles. The molecule has 0 unspecified atom stereocenters. The highest BCUT2D eigenvalue weighted by atomic mass is 79.9. The lowest BCUT2D eigenvalue weighted by atomic mass is 9.63. The van der Waals surface area contributed by atoms with Gasteiger partial charge < -0.3 is 0 Å². The largest absolute Gasteiger partial charge is 0.292 e. The Morgan fingerprint density at radius 2 is 1.46 bits per heavy atom. The van der Waals surface area contributed by atoms with Crippen molar-refractivity contribution in [3.05, 3.63) is 80.3 Å². The van der Waals surface area contributed by atoms with Gasteiger partial charge in [-0.15, -0.1) is 0 Å². The van der Waals surface area contributed by atoms with Crippen LogP contribution >= 0.6 is 39.1 Å². The summed E-state index contributed by atoms with van der Waals surface area (Å²) in [4.78, 5) is 54.2. The number of nitrogens with zero attached hydrogens (tertiary/aromatic N) is 2. The molecular weight excluding hydrogens is 555 g/mol. The normalized spacial score (nSPS) is 29.7. The van der Waals surface area contributed by atoms with Crippen LogP contribution in [-0.2, 0) is 9.59 Å². The average molecular weight is 574 g/mol. The van der Waals surface area contributed by atoms with Gasteiger partial charge >= 0.3 is 0 Å². The molecule has 5 aliphatic rings. The Bertz CT molecular complexity index is 1290. The first-order valence-corrected chi connectivity index (χ1v) is 12.9. The quantitative estimate of drug-likeness (QED) is 0.285. The van der Waals surface area contributed by atoms with Crippen LogP contribution in [0.5, 0.6) is 0 Å². The molecular formula is C26H19BrCl2N2O4. The monoisotopic (exact) mass is 572 g/mol. The maximum Gasteiger partial charge on any atom is 0.273 e. The topological polar surface area (TPSA) is 74.8 Å². The fraction of sp³-hybridized carbons (Fsp3) is 0.308. The van der Waals surface area contributed by atoms with Gasteiger partial charge in [-0.1, -0.05) is 63.4 Å². The lowest BCUT2D eigenvalue weighted by Crippen LogP contribution is -2.52. The van der Waals surface area contributed by atoms with Gasteiger partial charge in [0.2, 0.25) is 0 Å². The first-order valence-electron chi connectivity index (χ1n) is 11.4. The standard InChI is InChI=1S/C26H19BrCl2N2O4/c27-14-4-1-12(2-5-14)21(32)11-30(24(33)13-3-8-19(28)20(29)9-13)31-25(34)22-15-6-7-16(18-10-17(15)18)23(22)26(31)35/h1-9,15-18,22-23H,10-11H2/t15-,16+,17-,18-,22+,23-/m1/s1. The van der Waals surface area contributed by atoms with Gasteiger partial charge in [0.15, 0.2) is 5.78 Å². The maximum absolute atomic E-state index is 13.7. The van der Waals surface area contributed by atoms with Crippen LogP contribution in [0.25, 0.3) is 0 Å². The highest BCUT2D eigenvalue weighted by molar-refractivity contribution is 9.10. The molecule has 9 heteroatoms. The van der Waals surface area contributed by atoms with Crippen LogP contribution < -0.4 is 0 Å². The number of imide groups is 1. The van der Waals surface area contributed by atoms with Gasteiger partial charge in [-0.2, -0.15) is 5.01 Å². The van der Waals surface area contributed by atoms with Gasteiger partial charge in [-0.3, -0.25) is 19.2 Å². The SMILES string of the molecule is O=C(CN(C(=O)c1ccc(Cl)c(Cl)c1)N1C(=O)[C@@H]2[C@H]3C=C[C@H]([C@H]4C[C@H]34)[C@@H]2C1=O)c1ccc(Br)cc1. The van der Waals surface area contributed by atoms with E-state index in [1.807, 2.05) is 0 Å². The third-order valence-corrected chi connectivity index (χ3v) is 9.01. The van der Waals surface area contributed by atoms with Crippen molar-refractivity contribution in [2.75, 3.05) is 6.54 Å². The number of ketones is 1. The molecule has 2 bridgehead atoms. The van der Waals surface area contributed by atoms with Crippen molar-refractivity contribution in [2.24, 2.45) is 35.5 Å². The molecule has 7 rings (SSSR count). The number of hydrazine groups is 1. The molecule has 178 valence electrons.